The van der Waals surface area contributed by atoms with Crippen LogP contribution >= 0.6 is 0 Å². The summed E-state index contributed by atoms with van der Waals surface area (Å²) in [5, 5.41) is 0. The first-order chi connectivity index (χ1) is 15.0. The quantitative estimate of drug-likeness (QED) is 0.518. The van der Waals surface area contributed by atoms with Gasteiger partial charge in [0.2, 0.25) is 0 Å². The molecular formula is C26H25NO4. The van der Waals surface area contributed by atoms with Gasteiger partial charge in [-0.05, 0) is 49.2 Å². The Labute approximate surface area is 182 Å². The lowest BCUT2D eigenvalue weighted by molar-refractivity contribution is -0.142. The molecule has 1 aliphatic heterocycles. The minimum atomic E-state index is -0.240. The van der Waals surface area contributed by atoms with E-state index in [-0.39, 0.29) is 18.3 Å². The molecule has 0 fully saturated rings. The van der Waals surface area contributed by atoms with Crippen molar-refractivity contribution in [1.29, 1.82) is 0 Å². The maximum absolute atomic E-state index is 12.9. The molecule has 1 aliphatic rings. The van der Waals surface area contributed by atoms with Gasteiger partial charge in [-0.3, -0.25) is 9.59 Å². The molecule has 1 heterocycles. The van der Waals surface area contributed by atoms with Crippen LogP contribution in [0, 0.1) is 6.92 Å². The van der Waals surface area contributed by atoms with E-state index in [2.05, 4.69) is 0 Å². The second-order valence-electron chi connectivity index (χ2n) is 7.60. The lowest BCUT2D eigenvalue weighted by Gasteiger charge is -2.16. The minimum absolute atomic E-state index is 0.0132. The molecule has 31 heavy (non-hydrogen) atoms. The van der Waals surface area contributed by atoms with Crippen LogP contribution in [0.4, 0.5) is 5.69 Å². The van der Waals surface area contributed by atoms with Crippen molar-refractivity contribution in [3.05, 3.63) is 94.5 Å². The average molecular weight is 415 g/mol. The SMILES string of the molecule is CCOC(=O)Cc1cccc(COc2cccc3c2CN(c2ccc(C)cc2)C3=O)c1. The van der Waals surface area contributed by atoms with Crippen LogP contribution in [0.2, 0.25) is 0 Å². The van der Waals surface area contributed by atoms with Crippen LogP contribution in [0.1, 0.15) is 39.5 Å². The van der Waals surface area contributed by atoms with Crippen LogP contribution in [0.3, 0.4) is 0 Å². The number of hydrogen-bond donors (Lipinski definition) is 0. The van der Waals surface area contributed by atoms with Gasteiger partial charge >= 0.3 is 5.97 Å². The molecule has 4 rings (SSSR count). The number of amides is 1. The molecular weight excluding hydrogens is 390 g/mol. The van der Waals surface area contributed by atoms with Crippen molar-refractivity contribution in [1.82, 2.24) is 0 Å². The number of benzene rings is 3. The number of carbonyl (C=O) groups is 2. The van der Waals surface area contributed by atoms with Crippen molar-refractivity contribution in [2.45, 2.75) is 33.4 Å². The van der Waals surface area contributed by atoms with E-state index in [1.54, 1.807) is 11.8 Å². The first kappa shape index (κ1) is 20.7. The van der Waals surface area contributed by atoms with E-state index in [4.69, 9.17) is 9.47 Å². The van der Waals surface area contributed by atoms with Crippen LogP contribution in [0.15, 0.2) is 66.7 Å². The zero-order valence-electron chi connectivity index (χ0n) is 17.8. The molecule has 3 aromatic rings. The number of anilines is 1. The predicted molar refractivity (Wildman–Crippen MR) is 119 cm³/mol. The third-order valence-electron chi connectivity index (χ3n) is 5.31. The van der Waals surface area contributed by atoms with Gasteiger partial charge in [0, 0.05) is 16.8 Å². The fourth-order valence-corrected chi connectivity index (χ4v) is 3.74. The van der Waals surface area contributed by atoms with E-state index in [0.717, 1.165) is 27.9 Å². The third kappa shape index (κ3) is 4.61. The number of aryl methyl sites for hydroxylation is 1. The van der Waals surface area contributed by atoms with Crippen molar-refractivity contribution in [2.75, 3.05) is 11.5 Å². The normalized spacial score (nSPS) is 12.6. The highest BCUT2D eigenvalue weighted by Crippen LogP contribution is 2.34. The summed E-state index contributed by atoms with van der Waals surface area (Å²) >= 11 is 0. The molecule has 0 aliphatic carbocycles. The van der Waals surface area contributed by atoms with Gasteiger partial charge < -0.3 is 14.4 Å². The number of nitrogens with zero attached hydrogens (tertiary/aromatic N) is 1. The second kappa shape index (κ2) is 9.04. The van der Waals surface area contributed by atoms with Gasteiger partial charge in [-0.15, -0.1) is 0 Å². The summed E-state index contributed by atoms with van der Waals surface area (Å²) in [6, 6.07) is 21.3. The van der Waals surface area contributed by atoms with Gasteiger partial charge in [0.25, 0.3) is 5.91 Å². The maximum Gasteiger partial charge on any atom is 0.310 e. The topological polar surface area (TPSA) is 55.8 Å². The van der Waals surface area contributed by atoms with E-state index >= 15 is 0 Å². The second-order valence-corrected chi connectivity index (χ2v) is 7.60. The highest BCUT2D eigenvalue weighted by Gasteiger charge is 2.30. The summed E-state index contributed by atoms with van der Waals surface area (Å²) in [5.41, 5.74) is 5.45. The Morgan fingerprint density at radius 3 is 2.52 bits per heavy atom. The Bertz CT molecular complexity index is 1100. The number of rotatable bonds is 7. The fraction of sp³-hybridized carbons (Fsp3) is 0.231. The van der Waals surface area contributed by atoms with Crippen molar-refractivity contribution < 1.29 is 19.1 Å². The molecule has 0 aromatic heterocycles. The number of fused-ring (bicyclic) bond motifs is 1. The first-order valence-electron chi connectivity index (χ1n) is 10.4. The van der Waals surface area contributed by atoms with E-state index in [1.807, 2.05) is 73.7 Å². The van der Waals surface area contributed by atoms with Crippen molar-refractivity contribution in [2.24, 2.45) is 0 Å². The highest BCUT2D eigenvalue weighted by molar-refractivity contribution is 6.10. The van der Waals surface area contributed by atoms with Gasteiger partial charge in [-0.25, -0.2) is 0 Å². The highest BCUT2D eigenvalue weighted by atomic mass is 16.5. The Hall–Kier alpha value is -3.60. The first-order valence-corrected chi connectivity index (χ1v) is 10.4. The van der Waals surface area contributed by atoms with Gasteiger partial charge in [-0.1, -0.05) is 48.0 Å². The summed E-state index contributed by atoms with van der Waals surface area (Å²) in [6.45, 7) is 5.03. The van der Waals surface area contributed by atoms with Gasteiger partial charge in [0.1, 0.15) is 12.4 Å². The molecule has 1 amide bonds. The van der Waals surface area contributed by atoms with E-state index < -0.39 is 0 Å². The Morgan fingerprint density at radius 2 is 1.74 bits per heavy atom. The Morgan fingerprint density at radius 1 is 1.00 bits per heavy atom. The number of esters is 1. The smallest absolute Gasteiger partial charge is 0.310 e. The summed E-state index contributed by atoms with van der Waals surface area (Å²) in [6.07, 6.45) is 0.239. The zero-order valence-corrected chi connectivity index (χ0v) is 17.8. The molecule has 5 nitrogen and oxygen atoms in total. The minimum Gasteiger partial charge on any atom is -0.489 e. The lowest BCUT2D eigenvalue weighted by atomic mass is 10.1. The Balaban J connectivity index is 1.48. The van der Waals surface area contributed by atoms with Gasteiger partial charge in [-0.2, -0.15) is 0 Å². The number of hydrogen-bond acceptors (Lipinski definition) is 4. The van der Waals surface area contributed by atoms with Crippen LogP contribution in [-0.2, 0) is 29.1 Å². The summed E-state index contributed by atoms with van der Waals surface area (Å²) < 4.78 is 11.1. The molecule has 0 bridgehead atoms. The van der Waals surface area contributed by atoms with Gasteiger partial charge in [0.15, 0.2) is 0 Å². The average Bonchev–Trinajstić information content (AvgIpc) is 3.10. The molecule has 0 unspecified atom stereocenters. The molecule has 0 N–H and O–H groups in total. The van der Waals surface area contributed by atoms with E-state index in [1.165, 1.54) is 0 Å². The van der Waals surface area contributed by atoms with Crippen LogP contribution in [-0.4, -0.2) is 18.5 Å². The number of carbonyl (C=O) groups excluding carboxylic acids is 2. The molecule has 0 spiro atoms. The summed E-state index contributed by atoms with van der Waals surface area (Å²) in [5.74, 6) is 0.452. The molecule has 3 aromatic carbocycles. The predicted octanol–water partition coefficient (Wildman–Crippen LogP) is 4.84. The molecule has 158 valence electrons. The standard InChI is InChI=1S/C26H25NO4/c1-3-30-25(28)15-19-6-4-7-20(14-19)17-31-24-9-5-8-22-23(24)16-27(26(22)29)21-12-10-18(2)11-13-21/h4-14H,3,15-17H2,1-2H3. The maximum atomic E-state index is 12.9. The van der Waals surface area contributed by atoms with E-state index in [0.29, 0.717) is 31.1 Å². The van der Waals surface area contributed by atoms with Gasteiger partial charge in [0.05, 0.1) is 19.6 Å². The third-order valence-corrected chi connectivity index (χ3v) is 5.31. The zero-order chi connectivity index (χ0) is 21.8. The summed E-state index contributed by atoms with van der Waals surface area (Å²) in [4.78, 5) is 26.4. The van der Waals surface area contributed by atoms with E-state index in [9.17, 15) is 9.59 Å². The molecule has 0 saturated heterocycles. The molecule has 0 atom stereocenters. The van der Waals surface area contributed by atoms with Crippen LogP contribution < -0.4 is 9.64 Å². The Kier molecular flexibility index (Phi) is 6.03. The lowest BCUT2D eigenvalue weighted by Crippen LogP contribution is -2.22. The fourth-order valence-electron chi connectivity index (χ4n) is 3.74. The largest absolute Gasteiger partial charge is 0.489 e. The monoisotopic (exact) mass is 415 g/mol. The van der Waals surface area contributed by atoms with Crippen LogP contribution in [0.5, 0.6) is 5.75 Å². The van der Waals surface area contributed by atoms with Crippen molar-refractivity contribution in [3.63, 3.8) is 0 Å². The van der Waals surface area contributed by atoms with Crippen LogP contribution in [0.25, 0.3) is 0 Å². The summed E-state index contributed by atoms with van der Waals surface area (Å²) in [7, 11) is 0. The molecule has 0 radical (unpaired) electrons. The number of ether oxygens (including phenoxy) is 2. The van der Waals surface area contributed by atoms with Crippen molar-refractivity contribution >= 4 is 17.6 Å². The van der Waals surface area contributed by atoms with Crippen molar-refractivity contribution in [3.8, 4) is 5.75 Å². The molecule has 5 heteroatoms. The molecule has 0 saturated carbocycles.